The summed E-state index contributed by atoms with van der Waals surface area (Å²) < 4.78 is 11.2. The highest BCUT2D eigenvalue weighted by atomic mass is 35.5. The highest BCUT2D eigenvalue weighted by Crippen LogP contribution is 2.40. The van der Waals surface area contributed by atoms with Gasteiger partial charge in [-0.1, -0.05) is 23.2 Å². The van der Waals surface area contributed by atoms with Gasteiger partial charge >= 0.3 is 5.97 Å². The summed E-state index contributed by atoms with van der Waals surface area (Å²) >= 11 is 12.1. The summed E-state index contributed by atoms with van der Waals surface area (Å²) in [7, 11) is 0. The summed E-state index contributed by atoms with van der Waals surface area (Å²) in [6.45, 7) is 0.223. The number of rotatable bonds is 7. The first-order valence-electron chi connectivity index (χ1n) is 8.16. The van der Waals surface area contributed by atoms with E-state index in [2.05, 4.69) is 4.98 Å². The molecule has 0 unspecified atom stereocenters. The first kappa shape index (κ1) is 19.3. The van der Waals surface area contributed by atoms with Crippen molar-refractivity contribution in [1.82, 2.24) is 4.98 Å². The van der Waals surface area contributed by atoms with Crippen LogP contribution < -0.4 is 14.4 Å². The first-order chi connectivity index (χ1) is 12.9. The van der Waals surface area contributed by atoms with Crippen molar-refractivity contribution in [1.29, 1.82) is 0 Å². The van der Waals surface area contributed by atoms with Gasteiger partial charge in [-0.3, -0.25) is 14.6 Å². The van der Waals surface area contributed by atoms with E-state index in [0.717, 1.165) is 5.69 Å². The normalized spacial score (nSPS) is 13.1. The predicted molar refractivity (Wildman–Crippen MR) is 100.0 cm³/mol. The summed E-state index contributed by atoms with van der Waals surface area (Å²) in [5, 5.41) is 9.72. The SMILES string of the molecule is O=C(O)CCN1C(=O)COc2cc(OCCc3ccc(Cl)cn3)c(Cl)cc21. The van der Waals surface area contributed by atoms with Crippen LogP contribution in [0.2, 0.25) is 10.0 Å². The molecule has 0 atom stereocenters. The summed E-state index contributed by atoms with van der Waals surface area (Å²) in [6, 6.07) is 6.72. The average Bonchev–Trinajstić information content (AvgIpc) is 2.63. The van der Waals surface area contributed by atoms with Crippen molar-refractivity contribution < 1.29 is 24.2 Å². The number of nitrogens with zero attached hydrogens (tertiary/aromatic N) is 2. The molecule has 0 spiro atoms. The Bertz CT molecular complexity index is 858. The van der Waals surface area contributed by atoms with Crippen molar-refractivity contribution in [2.24, 2.45) is 0 Å². The highest BCUT2D eigenvalue weighted by molar-refractivity contribution is 6.32. The van der Waals surface area contributed by atoms with Crippen molar-refractivity contribution >= 4 is 40.8 Å². The largest absolute Gasteiger partial charge is 0.491 e. The molecule has 0 saturated carbocycles. The Hall–Kier alpha value is -2.51. The molecule has 1 aliphatic heterocycles. The Morgan fingerprint density at radius 2 is 2.15 bits per heavy atom. The Labute approximate surface area is 165 Å². The fraction of sp³-hybridized carbons (Fsp3) is 0.278. The molecule has 2 heterocycles. The number of hydrogen-bond acceptors (Lipinski definition) is 5. The molecule has 0 radical (unpaired) electrons. The van der Waals surface area contributed by atoms with Crippen molar-refractivity contribution in [3.63, 3.8) is 0 Å². The van der Waals surface area contributed by atoms with Gasteiger partial charge in [-0.05, 0) is 18.2 Å². The predicted octanol–water partition coefficient (Wildman–Crippen LogP) is 3.21. The molecular formula is C18H16Cl2N2O5. The van der Waals surface area contributed by atoms with Crippen molar-refractivity contribution in [2.45, 2.75) is 12.8 Å². The van der Waals surface area contributed by atoms with Crippen LogP contribution in [0.1, 0.15) is 12.1 Å². The summed E-state index contributed by atoms with van der Waals surface area (Å²) in [5.41, 5.74) is 1.26. The maximum Gasteiger partial charge on any atom is 0.305 e. The number of aliphatic carboxylic acids is 1. The van der Waals surface area contributed by atoms with Crippen LogP contribution in [0.25, 0.3) is 0 Å². The van der Waals surface area contributed by atoms with Crippen LogP contribution in [0, 0.1) is 0 Å². The van der Waals surface area contributed by atoms with E-state index in [4.69, 9.17) is 37.8 Å². The van der Waals surface area contributed by atoms with E-state index in [1.165, 1.54) is 4.90 Å². The Balaban J connectivity index is 1.70. The van der Waals surface area contributed by atoms with Gasteiger partial charge in [-0.2, -0.15) is 0 Å². The minimum atomic E-state index is -0.988. The number of benzene rings is 1. The Kier molecular flexibility index (Phi) is 6.03. The number of aromatic nitrogens is 1. The van der Waals surface area contributed by atoms with Gasteiger partial charge in [0.15, 0.2) is 6.61 Å². The quantitative estimate of drug-likeness (QED) is 0.753. The van der Waals surface area contributed by atoms with Gasteiger partial charge in [-0.25, -0.2) is 0 Å². The Morgan fingerprint density at radius 3 is 2.85 bits per heavy atom. The number of ether oxygens (including phenoxy) is 2. The lowest BCUT2D eigenvalue weighted by Gasteiger charge is -2.29. The first-order valence-corrected chi connectivity index (χ1v) is 8.91. The number of carboxylic acids is 1. The molecule has 0 saturated heterocycles. The monoisotopic (exact) mass is 410 g/mol. The Morgan fingerprint density at radius 1 is 1.33 bits per heavy atom. The number of fused-ring (bicyclic) bond motifs is 1. The third-order valence-corrected chi connectivity index (χ3v) is 4.43. The third kappa shape index (κ3) is 4.81. The molecule has 1 aromatic heterocycles. The lowest BCUT2D eigenvalue weighted by atomic mass is 10.2. The molecule has 1 amide bonds. The summed E-state index contributed by atoms with van der Waals surface area (Å²) in [6.07, 6.45) is 1.96. The van der Waals surface area contributed by atoms with Crippen molar-refractivity contribution in [3.8, 4) is 11.5 Å². The van der Waals surface area contributed by atoms with E-state index in [-0.39, 0.29) is 25.5 Å². The fourth-order valence-corrected chi connectivity index (χ4v) is 2.91. The standard InChI is InChI=1S/C18H16Cl2N2O5/c19-11-1-2-12(21-9-11)4-6-26-15-8-16-14(7-13(15)20)22(5-3-18(24)25)17(23)10-27-16/h1-2,7-9H,3-6,10H2,(H,24,25). The van der Waals surface area contributed by atoms with Gasteiger partial charge in [0.05, 0.1) is 28.8 Å². The number of halogens is 2. The number of amides is 1. The van der Waals surface area contributed by atoms with Crippen LogP contribution in [0.15, 0.2) is 30.5 Å². The fourth-order valence-electron chi connectivity index (χ4n) is 2.59. The van der Waals surface area contributed by atoms with Gasteiger partial charge in [0.2, 0.25) is 0 Å². The maximum atomic E-state index is 12.0. The molecule has 1 aliphatic rings. The molecule has 27 heavy (non-hydrogen) atoms. The van der Waals surface area contributed by atoms with Gasteiger partial charge < -0.3 is 19.5 Å². The minimum absolute atomic E-state index is 0.0449. The molecule has 3 rings (SSSR count). The molecule has 0 bridgehead atoms. The zero-order valence-corrected chi connectivity index (χ0v) is 15.7. The van der Waals surface area contributed by atoms with Gasteiger partial charge in [0.25, 0.3) is 5.91 Å². The third-order valence-electron chi connectivity index (χ3n) is 3.91. The highest BCUT2D eigenvalue weighted by Gasteiger charge is 2.27. The van der Waals surface area contributed by atoms with Crippen LogP contribution in [-0.4, -0.2) is 41.7 Å². The molecule has 0 fully saturated rings. The number of pyridine rings is 1. The number of carbonyl (C=O) groups is 2. The van der Waals surface area contributed by atoms with Crippen LogP contribution in [0.5, 0.6) is 11.5 Å². The molecule has 0 aliphatic carbocycles. The second-order valence-corrected chi connectivity index (χ2v) is 6.64. The van der Waals surface area contributed by atoms with E-state index >= 15 is 0 Å². The summed E-state index contributed by atoms with van der Waals surface area (Å²) in [4.78, 5) is 28.4. The molecule has 142 valence electrons. The second kappa shape index (κ2) is 8.45. The van der Waals surface area contributed by atoms with Crippen LogP contribution in [-0.2, 0) is 16.0 Å². The minimum Gasteiger partial charge on any atom is -0.491 e. The van der Waals surface area contributed by atoms with E-state index in [9.17, 15) is 9.59 Å². The van der Waals surface area contributed by atoms with E-state index < -0.39 is 5.97 Å². The lowest BCUT2D eigenvalue weighted by molar-refractivity contribution is -0.136. The number of carbonyl (C=O) groups excluding carboxylic acids is 1. The molecule has 7 nitrogen and oxygen atoms in total. The van der Waals surface area contributed by atoms with Crippen LogP contribution in [0.3, 0.4) is 0 Å². The maximum absolute atomic E-state index is 12.0. The van der Waals surface area contributed by atoms with Gasteiger partial charge in [0.1, 0.15) is 11.5 Å². The smallest absolute Gasteiger partial charge is 0.305 e. The van der Waals surface area contributed by atoms with Crippen LogP contribution >= 0.6 is 23.2 Å². The van der Waals surface area contributed by atoms with Crippen molar-refractivity contribution in [3.05, 3.63) is 46.2 Å². The zero-order chi connectivity index (χ0) is 19.4. The average molecular weight is 411 g/mol. The van der Waals surface area contributed by atoms with E-state index in [1.807, 2.05) is 6.07 Å². The molecule has 1 aromatic carbocycles. The van der Waals surface area contributed by atoms with Crippen molar-refractivity contribution in [2.75, 3.05) is 24.7 Å². The van der Waals surface area contributed by atoms with E-state index in [0.29, 0.717) is 40.3 Å². The topological polar surface area (TPSA) is 89.0 Å². The van der Waals surface area contributed by atoms with Gasteiger partial charge in [-0.15, -0.1) is 0 Å². The summed E-state index contributed by atoms with van der Waals surface area (Å²) in [5.74, 6) is -0.471. The number of hydrogen-bond donors (Lipinski definition) is 1. The number of carboxylic acid groups (broad SMARTS) is 1. The second-order valence-electron chi connectivity index (χ2n) is 5.79. The number of anilines is 1. The molecule has 1 N–H and O–H groups in total. The van der Waals surface area contributed by atoms with Crippen LogP contribution in [0.4, 0.5) is 5.69 Å². The molecule has 2 aromatic rings. The molecule has 9 heteroatoms. The zero-order valence-electron chi connectivity index (χ0n) is 14.2. The molecular weight excluding hydrogens is 395 g/mol. The van der Waals surface area contributed by atoms with E-state index in [1.54, 1.807) is 24.4 Å². The lowest BCUT2D eigenvalue weighted by Crippen LogP contribution is -2.40. The van der Waals surface area contributed by atoms with Gasteiger partial charge in [0, 0.05) is 30.9 Å².